The number of esters is 1. The molecule has 0 aromatic heterocycles. The molecule has 2 atom stereocenters. The summed E-state index contributed by atoms with van der Waals surface area (Å²) in [5.74, 6) is 0.825. The predicted octanol–water partition coefficient (Wildman–Crippen LogP) is 3.80. The molecule has 4 rings (SSSR count). The third-order valence-electron chi connectivity index (χ3n) is 5.39. The SMILES string of the molecule is COC(=O)C(N)Cc1ccc(Oc2ccc(CC3C(=O)Nc4ccccc43)cc2)cc1. The number of hydrogen-bond donors (Lipinski definition) is 2. The number of nitrogens with two attached hydrogens (primary N) is 1. The maximum atomic E-state index is 12.3. The molecular formula is C25H24N2O4. The third kappa shape index (κ3) is 4.75. The first-order valence-electron chi connectivity index (χ1n) is 10.1. The minimum Gasteiger partial charge on any atom is -0.468 e. The Hall–Kier alpha value is -3.64. The van der Waals surface area contributed by atoms with Gasteiger partial charge in [0.2, 0.25) is 5.91 Å². The second kappa shape index (κ2) is 9.02. The average Bonchev–Trinajstić information content (AvgIpc) is 3.10. The molecule has 1 heterocycles. The van der Waals surface area contributed by atoms with Gasteiger partial charge in [-0.1, -0.05) is 42.5 Å². The fraction of sp³-hybridized carbons (Fsp3) is 0.200. The predicted molar refractivity (Wildman–Crippen MR) is 118 cm³/mol. The van der Waals surface area contributed by atoms with E-state index in [0.29, 0.717) is 24.3 Å². The van der Waals surface area contributed by atoms with E-state index in [4.69, 9.17) is 10.5 Å². The number of ether oxygens (including phenoxy) is 2. The van der Waals surface area contributed by atoms with E-state index in [1.165, 1.54) is 7.11 Å². The van der Waals surface area contributed by atoms with Gasteiger partial charge in [-0.15, -0.1) is 0 Å². The van der Waals surface area contributed by atoms with Crippen LogP contribution in [0.25, 0.3) is 0 Å². The molecule has 1 aliphatic rings. The van der Waals surface area contributed by atoms with E-state index < -0.39 is 12.0 Å². The fourth-order valence-corrected chi connectivity index (χ4v) is 3.73. The molecule has 0 spiro atoms. The molecule has 31 heavy (non-hydrogen) atoms. The van der Waals surface area contributed by atoms with Crippen molar-refractivity contribution in [3.8, 4) is 11.5 Å². The summed E-state index contributed by atoms with van der Waals surface area (Å²) in [6.45, 7) is 0. The molecule has 0 saturated heterocycles. The van der Waals surface area contributed by atoms with Gasteiger partial charge in [-0.3, -0.25) is 9.59 Å². The van der Waals surface area contributed by atoms with Crippen molar-refractivity contribution in [3.05, 3.63) is 89.5 Å². The number of para-hydroxylation sites is 1. The van der Waals surface area contributed by atoms with Crippen LogP contribution in [0.3, 0.4) is 0 Å². The monoisotopic (exact) mass is 416 g/mol. The zero-order valence-electron chi connectivity index (χ0n) is 17.2. The lowest BCUT2D eigenvalue weighted by Crippen LogP contribution is -2.33. The van der Waals surface area contributed by atoms with Crippen LogP contribution in [-0.2, 0) is 27.2 Å². The molecule has 3 aromatic rings. The van der Waals surface area contributed by atoms with E-state index in [2.05, 4.69) is 10.1 Å². The zero-order valence-corrected chi connectivity index (χ0v) is 17.2. The van der Waals surface area contributed by atoms with Gasteiger partial charge < -0.3 is 20.5 Å². The van der Waals surface area contributed by atoms with Crippen LogP contribution in [0, 0.1) is 0 Å². The molecule has 0 aliphatic carbocycles. The van der Waals surface area contributed by atoms with Crippen LogP contribution in [0.1, 0.15) is 22.6 Å². The molecule has 1 amide bonds. The second-order valence-electron chi connectivity index (χ2n) is 7.56. The van der Waals surface area contributed by atoms with E-state index >= 15 is 0 Å². The molecule has 3 aromatic carbocycles. The Morgan fingerprint density at radius 3 is 2.23 bits per heavy atom. The van der Waals surface area contributed by atoms with Crippen molar-refractivity contribution in [2.24, 2.45) is 5.73 Å². The number of hydrogen-bond acceptors (Lipinski definition) is 5. The summed E-state index contributed by atoms with van der Waals surface area (Å²) in [5.41, 5.74) is 9.73. The molecule has 6 nitrogen and oxygen atoms in total. The number of anilines is 1. The van der Waals surface area contributed by atoms with Crippen molar-refractivity contribution in [3.63, 3.8) is 0 Å². The van der Waals surface area contributed by atoms with Crippen molar-refractivity contribution in [1.82, 2.24) is 0 Å². The van der Waals surface area contributed by atoms with Crippen molar-refractivity contribution in [2.45, 2.75) is 24.8 Å². The largest absolute Gasteiger partial charge is 0.468 e. The van der Waals surface area contributed by atoms with Crippen LogP contribution in [0.15, 0.2) is 72.8 Å². The first kappa shape index (κ1) is 20.6. The highest BCUT2D eigenvalue weighted by atomic mass is 16.5. The maximum absolute atomic E-state index is 12.3. The lowest BCUT2D eigenvalue weighted by molar-refractivity contribution is -0.142. The Balaban J connectivity index is 1.37. The number of carbonyl (C=O) groups is 2. The maximum Gasteiger partial charge on any atom is 0.322 e. The lowest BCUT2D eigenvalue weighted by atomic mass is 9.93. The summed E-state index contributed by atoms with van der Waals surface area (Å²) in [7, 11) is 1.33. The van der Waals surface area contributed by atoms with E-state index in [9.17, 15) is 9.59 Å². The van der Waals surface area contributed by atoms with Crippen molar-refractivity contribution in [1.29, 1.82) is 0 Å². The molecule has 0 bridgehead atoms. The van der Waals surface area contributed by atoms with Gasteiger partial charge in [0, 0.05) is 5.69 Å². The number of methoxy groups -OCH3 is 1. The summed E-state index contributed by atoms with van der Waals surface area (Å²) >= 11 is 0. The molecule has 1 aliphatic heterocycles. The number of rotatable bonds is 7. The number of carbonyl (C=O) groups excluding carboxylic acids is 2. The van der Waals surface area contributed by atoms with Gasteiger partial charge in [0.05, 0.1) is 13.0 Å². The van der Waals surface area contributed by atoms with Gasteiger partial charge >= 0.3 is 5.97 Å². The van der Waals surface area contributed by atoms with Crippen LogP contribution in [0.2, 0.25) is 0 Å². The molecule has 3 N–H and O–H groups in total. The van der Waals surface area contributed by atoms with Gasteiger partial charge in [-0.25, -0.2) is 0 Å². The first-order chi connectivity index (χ1) is 15.0. The van der Waals surface area contributed by atoms with E-state index in [1.54, 1.807) is 0 Å². The molecule has 2 unspecified atom stereocenters. The first-order valence-corrected chi connectivity index (χ1v) is 10.1. The minimum absolute atomic E-state index is 0.0357. The summed E-state index contributed by atoms with van der Waals surface area (Å²) < 4.78 is 10.6. The lowest BCUT2D eigenvalue weighted by Gasteiger charge is -2.11. The number of amides is 1. The molecule has 0 fully saturated rings. The van der Waals surface area contributed by atoms with Crippen LogP contribution < -0.4 is 15.8 Å². The Kier molecular flexibility index (Phi) is 6.00. The quantitative estimate of drug-likeness (QED) is 0.572. The van der Waals surface area contributed by atoms with Gasteiger partial charge in [0.15, 0.2) is 0 Å². The van der Waals surface area contributed by atoms with E-state index in [-0.39, 0.29) is 11.8 Å². The van der Waals surface area contributed by atoms with Crippen LogP contribution in [0.4, 0.5) is 5.69 Å². The molecular weight excluding hydrogens is 392 g/mol. The van der Waals surface area contributed by atoms with E-state index in [1.807, 2.05) is 72.8 Å². The number of fused-ring (bicyclic) bond motifs is 1. The summed E-state index contributed by atoms with van der Waals surface area (Å²) in [5, 5.41) is 2.94. The van der Waals surface area contributed by atoms with Crippen LogP contribution in [-0.4, -0.2) is 25.0 Å². The highest BCUT2D eigenvalue weighted by Gasteiger charge is 2.29. The summed E-state index contributed by atoms with van der Waals surface area (Å²) in [6, 6.07) is 22.3. The molecule has 0 radical (unpaired) electrons. The second-order valence-corrected chi connectivity index (χ2v) is 7.56. The highest BCUT2D eigenvalue weighted by Crippen LogP contribution is 2.34. The van der Waals surface area contributed by atoms with Crippen LogP contribution in [0.5, 0.6) is 11.5 Å². The number of benzene rings is 3. The third-order valence-corrected chi connectivity index (χ3v) is 5.39. The van der Waals surface area contributed by atoms with Crippen molar-refractivity contribution in [2.75, 3.05) is 12.4 Å². The minimum atomic E-state index is -0.682. The van der Waals surface area contributed by atoms with Gasteiger partial charge in [-0.05, 0) is 59.9 Å². The smallest absolute Gasteiger partial charge is 0.322 e. The van der Waals surface area contributed by atoms with Crippen molar-refractivity contribution < 1.29 is 19.1 Å². The van der Waals surface area contributed by atoms with E-state index in [0.717, 1.165) is 22.4 Å². The Bertz CT molecular complexity index is 1080. The Labute approximate surface area is 181 Å². The molecule has 0 saturated carbocycles. The van der Waals surface area contributed by atoms with Gasteiger partial charge in [0.1, 0.15) is 17.5 Å². The standard InChI is InChI=1S/C25H24N2O4/c1-30-25(29)22(26)15-17-8-12-19(13-9-17)31-18-10-6-16(7-11-18)14-21-20-4-2-3-5-23(20)27-24(21)28/h2-13,21-22H,14-15,26H2,1H3,(H,27,28). The number of nitrogens with one attached hydrogen (secondary N) is 1. The molecule has 158 valence electrons. The Morgan fingerprint density at radius 2 is 1.58 bits per heavy atom. The summed E-state index contributed by atoms with van der Waals surface area (Å²) in [6.07, 6.45) is 1.04. The van der Waals surface area contributed by atoms with Crippen LogP contribution >= 0.6 is 0 Å². The molecule has 6 heteroatoms. The van der Waals surface area contributed by atoms with Gasteiger partial charge in [-0.2, -0.15) is 0 Å². The topological polar surface area (TPSA) is 90.7 Å². The highest BCUT2D eigenvalue weighted by molar-refractivity contribution is 6.03. The Morgan fingerprint density at radius 1 is 0.968 bits per heavy atom. The average molecular weight is 416 g/mol. The van der Waals surface area contributed by atoms with Gasteiger partial charge in [0.25, 0.3) is 0 Å². The summed E-state index contributed by atoms with van der Waals surface area (Å²) in [4.78, 5) is 23.8. The zero-order chi connectivity index (χ0) is 21.8. The van der Waals surface area contributed by atoms with Crippen molar-refractivity contribution >= 4 is 17.6 Å². The fourth-order valence-electron chi connectivity index (χ4n) is 3.73. The normalized spacial score (nSPS) is 15.7.